The Morgan fingerprint density at radius 1 is 1.47 bits per heavy atom. The first-order valence-electron chi connectivity index (χ1n) is 4.60. The van der Waals surface area contributed by atoms with E-state index in [0.29, 0.717) is 11.5 Å². The van der Waals surface area contributed by atoms with Gasteiger partial charge in [-0.25, -0.2) is 4.79 Å². The lowest BCUT2D eigenvalue weighted by atomic mass is 10.1. The van der Waals surface area contributed by atoms with Crippen LogP contribution < -0.4 is 14.8 Å². The molecule has 1 aliphatic rings. The average molecular weight is 240 g/mol. The zero-order valence-electron chi connectivity index (χ0n) is 8.45. The average Bonchev–Trinajstić information content (AvgIpc) is 2.72. The van der Waals surface area contributed by atoms with Crippen molar-refractivity contribution >= 4 is 6.09 Å². The van der Waals surface area contributed by atoms with Crippen molar-refractivity contribution in [3.8, 4) is 11.5 Å². The monoisotopic (exact) mass is 240 g/mol. The van der Waals surface area contributed by atoms with Crippen LogP contribution in [0.5, 0.6) is 11.5 Å². The van der Waals surface area contributed by atoms with Crippen LogP contribution in [0.25, 0.3) is 0 Å². The van der Waals surface area contributed by atoms with Gasteiger partial charge < -0.3 is 14.6 Å². The molecule has 90 valence electrons. The molecule has 1 unspecified atom stereocenters. The summed E-state index contributed by atoms with van der Waals surface area (Å²) in [5.74, 6) is 0.840. The van der Waals surface area contributed by atoms with Gasteiger partial charge in [-0.15, -0.1) is 0 Å². The zero-order valence-corrected chi connectivity index (χ0v) is 8.45. The van der Waals surface area contributed by atoms with E-state index in [4.69, 9.17) is 14.6 Å². The molecule has 0 saturated heterocycles. The number of amides is 1. The SMILES string of the molecule is O=C(O)NC(c1ccc2c(c1)OCO2)[N+](=O)[O-]. The van der Waals surface area contributed by atoms with Gasteiger partial charge in [-0.05, 0) is 18.2 Å². The van der Waals surface area contributed by atoms with Crippen molar-refractivity contribution in [1.29, 1.82) is 0 Å². The van der Waals surface area contributed by atoms with Crippen LogP contribution in [-0.4, -0.2) is 22.9 Å². The minimum absolute atomic E-state index is 0.0499. The van der Waals surface area contributed by atoms with E-state index in [2.05, 4.69) is 0 Å². The Labute approximate surface area is 94.9 Å². The summed E-state index contributed by atoms with van der Waals surface area (Å²) in [6.07, 6.45) is -2.99. The van der Waals surface area contributed by atoms with Crippen molar-refractivity contribution in [3.63, 3.8) is 0 Å². The number of carbonyl (C=O) groups is 1. The molecule has 0 saturated carbocycles. The number of nitro groups is 1. The minimum Gasteiger partial charge on any atom is -0.465 e. The Balaban J connectivity index is 2.30. The van der Waals surface area contributed by atoms with Crippen LogP contribution in [-0.2, 0) is 0 Å². The first kappa shape index (κ1) is 11.0. The third-order valence-corrected chi connectivity index (χ3v) is 2.18. The van der Waals surface area contributed by atoms with Gasteiger partial charge in [0.1, 0.15) is 0 Å². The van der Waals surface area contributed by atoms with Crippen LogP contribution in [0.15, 0.2) is 18.2 Å². The predicted molar refractivity (Wildman–Crippen MR) is 53.5 cm³/mol. The van der Waals surface area contributed by atoms with E-state index in [0.717, 1.165) is 0 Å². The first-order valence-corrected chi connectivity index (χ1v) is 4.60. The molecule has 0 radical (unpaired) electrons. The summed E-state index contributed by atoms with van der Waals surface area (Å²) in [7, 11) is 0. The Bertz CT molecular complexity index is 475. The summed E-state index contributed by atoms with van der Waals surface area (Å²) in [4.78, 5) is 20.5. The van der Waals surface area contributed by atoms with Crippen molar-refractivity contribution in [2.24, 2.45) is 0 Å². The lowest BCUT2D eigenvalue weighted by Gasteiger charge is -2.09. The molecule has 0 bridgehead atoms. The van der Waals surface area contributed by atoms with Crippen LogP contribution in [0.3, 0.4) is 0 Å². The van der Waals surface area contributed by atoms with Gasteiger partial charge in [0, 0.05) is 0 Å². The van der Waals surface area contributed by atoms with Gasteiger partial charge in [-0.1, -0.05) is 0 Å². The minimum atomic E-state index is -1.53. The van der Waals surface area contributed by atoms with Gasteiger partial charge in [0.15, 0.2) is 11.5 Å². The van der Waals surface area contributed by atoms with E-state index >= 15 is 0 Å². The molecule has 1 atom stereocenters. The molecule has 17 heavy (non-hydrogen) atoms. The van der Waals surface area contributed by atoms with Gasteiger partial charge in [-0.2, -0.15) is 0 Å². The summed E-state index contributed by atoms with van der Waals surface area (Å²) in [6.45, 7) is 0.0499. The second-order valence-corrected chi connectivity index (χ2v) is 3.25. The smallest absolute Gasteiger partial charge is 0.410 e. The van der Waals surface area contributed by atoms with Crippen LogP contribution >= 0.6 is 0 Å². The van der Waals surface area contributed by atoms with Gasteiger partial charge in [-0.3, -0.25) is 15.4 Å². The van der Waals surface area contributed by atoms with Crippen LogP contribution in [0.2, 0.25) is 0 Å². The number of carboxylic acid groups (broad SMARTS) is 1. The largest absolute Gasteiger partial charge is 0.465 e. The van der Waals surface area contributed by atoms with E-state index < -0.39 is 17.2 Å². The van der Waals surface area contributed by atoms with E-state index in [9.17, 15) is 14.9 Å². The second-order valence-electron chi connectivity index (χ2n) is 3.25. The zero-order chi connectivity index (χ0) is 12.4. The molecule has 2 rings (SSSR count). The molecule has 0 fully saturated rings. The summed E-state index contributed by atoms with van der Waals surface area (Å²) in [5, 5.41) is 21.1. The fourth-order valence-corrected chi connectivity index (χ4v) is 1.46. The van der Waals surface area contributed by atoms with Crippen LogP contribution in [0.1, 0.15) is 11.7 Å². The summed E-state index contributed by atoms with van der Waals surface area (Å²) < 4.78 is 10.1. The molecule has 1 heterocycles. The van der Waals surface area contributed by atoms with E-state index in [1.165, 1.54) is 18.2 Å². The molecule has 8 nitrogen and oxygen atoms in total. The highest BCUT2D eigenvalue weighted by Crippen LogP contribution is 2.34. The normalized spacial score (nSPS) is 14.1. The molecule has 1 amide bonds. The molecule has 0 aromatic heterocycles. The molecule has 0 aliphatic carbocycles. The molecule has 0 spiro atoms. The fraction of sp³-hybridized carbons (Fsp3) is 0.222. The number of fused-ring (bicyclic) bond motifs is 1. The molecule has 1 aliphatic heterocycles. The Hall–Kier alpha value is -2.51. The van der Waals surface area contributed by atoms with Gasteiger partial charge >= 0.3 is 12.3 Å². The van der Waals surface area contributed by atoms with Crippen molar-refractivity contribution in [1.82, 2.24) is 5.32 Å². The van der Waals surface area contributed by atoms with Gasteiger partial charge in [0.2, 0.25) is 6.79 Å². The standard InChI is InChI=1S/C9H8N2O6/c12-9(13)10-8(11(14)15)5-1-2-6-7(3-5)17-4-16-6/h1-3,8,10H,4H2,(H,12,13). The highest BCUT2D eigenvalue weighted by Gasteiger charge is 2.27. The van der Waals surface area contributed by atoms with Crippen LogP contribution in [0, 0.1) is 10.1 Å². The van der Waals surface area contributed by atoms with Crippen LogP contribution in [0.4, 0.5) is 4.79 Å². The number of ether oxygens (including phenoxy) is 2. The highest BCUT2D eigenvalue weighted by molar-refractivity contribution is 5.65. The maximum Gasteiger partial charge on any atom is 0.410 e. The van der Waals surface area contributed by atoms with E-state index in [1.807, 2.05) is 5.32 Å². The van der Waals surface area contributed by atoms with E-state index in [-0.39, 0.29) is 12.4 Å². The first-order chi connectivity index (χ1) is 8.08. The Morgan fingerprint density at radius 2 is 2.18 bits per heavy atom. The number of hydrogen-bond acceptors (Lipinski definition) is 5. The molecule has 2 N–H and O–H groups in total. The maximum atomic E-state index is 10.7. The van der Waals surface area contributed by atoms with Gasteiger partial charge in [0.05, 0.1) is 10.5 Å². The summed E-state index contributed by atoms with van der Waals surface area (Å²) >= 11 is 0. The number of rotatable bonds is 3. The van der Waals surface area contributed by atoms with Crippen molar-refractivity contribution in [2.45, 2.75) is 6.17 Å². The fourth-order valence-electron chi connectivity index (χ4n) is 1.46. The molecule has 1 aromatic rings. The van der Waals surface area contributed by atoms with Crippen molar-refractivity contribution < 1.29 is 24.3 Å². The third kappa shape index (κ3) is 2.19. The highest BCUT2D eigenvalue weighted by atomic mass is 16.7. The maximum absolute atomic E-state index is 10.7. The lowest BCUT2D eigenvalue weighted by Crippen LogP contribution is -2.32. The number of hydrogen-bond donors (Lipinski definition) is 2. The number of nitrogens with zero attached hydrogens (tertiary/aromatic N) is 1. The Kier molecular flexibility index (Phi) is 2.69. The number of benzene rings is 1. The quantitative estimate of drug-likeness (QED) is 0.462. The Morgan fingerprint density at radius 3 is 2.82 bits per heavy atom. The molecular weight excluding hydrogens is 232 g/mol. The van der Waals surface area contributed by atoms with Crippen molar-refractivity contribution in [3.05, 3.63) is 33.9 Å². The third-order valence-electron chi connectivity index (χ3n) is 2.18. The van der Waals surface area contributed by atoms with Crippen molar-refractivity contribution in [2.75, 3.05) is 6.79 Å². The molecule has 8 heteroatoms. The summed E-state index contributed by atoms with van der Waals surface area (Å²) in [5.41, 5.74) is 0.182. The molecule has 1 aromatic carbocycles. The second kappa shape index (κ2) is 4.16. The lowest BCUT2D eigenvalue weighted by molar-refractivity contribution is -0.533. The number of nitrogens with one attached hydrogen (secondary N) is 1. The molecular formula is C9H8N2O6. The topological polar surface area (TPSA) is 111 Å². The predicted octanol–water partition coefficient (Wildman–Crippen LogP) is 0.958. The van der Waals surface area contributed by atoms with E-state index in [1.54, 1.807) is 0 Å². The van der Waals surface area contributed by atoms with Gasteiger partial charge in [0.25, 0.3) is 0 Å². The summed E-state index contributed by atoms with van der Waals surface area (Å²) in [6, 6.07) is 4.29.